The van der Waals surface area contributed by atoms with Gasteiger partial charge in [-0.15, -0.1) is 0 Å². The molecule has 1 aliphatic heterocycles. The van der Waals surface area contributed by atoms with Crippen LogP contribution in [0.15, 0.2) is 47.0 Å². The molecule has 1 aliphatic rings. The Labute approximate surface area is 197 Å². The van der Waals surface area contributed by atoms with Gasteiger partial charge in [-0.3, -0.25) is 14.5 Å². The van der Waals surface area contributed by atoms with Gasteiger partial charge in [0.2, 0.25) is 23.5 Å². The van der Waals surface area contributed by atoms with E-state index in [-0.39, 0.29) is 11.8 Å². The third kappa shape index (κ3) is 5.34. The largest absolute Gasteiger partial charge is 0.493 e. The van der Waals surface area contributed by atoms with Gasteiger partial charge in [-0.25, -0.2) is 0 Å². The van der Waals surface area contributed by atoms with Crippen LogP contribution < -0.4 is 20.5 Å². The van der Waals surface area contributed by atoms with Crippen molar-refractivity contribution in [2.75, 3.05) is 32.6 Å². The molecule has 1 fully saturated rings. The molecule has 178 valence electrons. The van der Waals surface area contributed by atoms with Gasteiger partial charge in [0.25, 0.3) is 0 Å². The summed E-state index contributed by atoms with van der Waals surface area (Å²) in [6, 6.07) is 12.0. The third-order valence-electron chi connectivity index (χ3n) is 5.78. The van der Waals surface area contributed by atoms with Crippen molar-refractivity contribution in [1.82, 2.24) is 15.0 Å². The van der Waals surface area contributed by atoms with Crippen LogP contribution in [-0.2, 0) is 11.3 Å². The van der Waals surface area contributed by atoms with E-state index in [1.807, 2.05) is 6.07 Å². The van der Waals surface area contributed by atoms with Gasteiger partial charge >= 0.3 is 0 Å². The van der Waals surface area contributed by atoms with Crippen molar-refractivity contribution in [2.45, 2.75) is 19.4 Å². The average molecular weight is 466 g/mol. The van der Waals surface area contributed by atoms with Gasteiger partial charge in [0.15, 0.2) is 11.5 Å². The van der Waals surface area contributed by atoms with Crippen molar-refractivity contribution >= 4 is 17.5 Å². The fourth-order valence-electron chi connectivity index (χ4n) is 3.98. The fraction of sp³-hybridized carbons (Fsp3) is 0.333. The van der Waals surface area contributed by atoms with Crippen LogP contribution in [0, 0.1) is 5.92 Å². The lowest BCUT2D eigenvalue weighted by Crippen LogP contribution is -2.40. The Morgan fingerprint density at radius 1 is 1.15 bits per heavy atom. The second-order valence-corrected chi connectivity index (χ2v) is 8.09. The van der Waals surface area contributed by atoms with Gasteiger partial charge in [-0.2, -0.15) is 4.98 Å². The number of nitrogens with one attached hydrogen (secondary N) is 1. The van der Waals surface area contributed by atoms with Gasteiger partial charge in [-0.1, -0.05) is 5.16 Å². The second kappa shape index (κ2) is 10.3. The minimum atomic E-state index is -0.504. The second-order valence-electron chi connectivity index (χ2n) is 8.09. The Morgan fingerprint density at radius 3 is 2.62 bits per heavy atom. The zero-order chi connectivity index (χ0) is 24.1. The lowest BCUT2D eigenvalue weighted by atomic mass is 9.97. The van der Waals surface area contributed by atoms with Gasteiger partial charge in [0, 0.05) is 23.4 Å². The predicted octanol–water partition coefficient (Wildman–Crippen LogP) is 2.70. The minimum Gasteiger partial charge on any atom is -0.493 e. The number of rotatable bonds is 8. The number of carbonyl (C=O) groups is 2. The summed E-state index contributed by atoms with van der Waals surface area (Å²) in [5, 5.41) is 7.01. The number of hydrogen-bond acceptors (Lipinski definition) is 8. The van der Waals surface area contributed by atoms with Crippen LogP contribution in [0.2, 0.25) is 0 Å². The quantitative estimate of drug-likeness (QED) is 0.519. The summed E-state index contributed by atoms with van der Waals surface area (Å²) in [5.74, 6) is 1.41. The summed E-state index contributed by atoms with van der Waals surface area (Å²) < 4.78 is 16.1. The molecule has 1 aromatic heterocycles. The summed E-state index contributed by atoms with van der Waals surface area (Å²) >= 11 is 0. The number of nitrogens with zero attached hydrogens (tertiary/aromatic N) is 3. The number of likely N-dealkylation sites (tertiary alicyclic amines) is 1. The SMILES string of the molecule is COc1ccc(-c2noc(CN3CCCC(C(=O)Nc4ccc(C(N)=O)cc4)C3)n2)cc1OC. The first-order chi connectivity index (χ1) is 16.5. The number of carbonyl (C=O) groups excluding carboxylic acids is 2. The summed E-state index contributed by atoms with van der Waals surface area (Å²) in [5.41, 5.74) is 7.04. The number of anilines is 1. The normalized spacial score (nSPS) is 16.1. The number of aromatic nitrogens is 2. The molecule has 1 saturated heterocycles. The van der Waals surface area contributed by atoms with E-state index < -0.39 is 5.91 Å². The number of primary amides is 1. The molecule has 2 heterocycles. The molecule has 3 aromatic rings. The molecule has 2 amide bonds. The van der Waals surface area contributed by atoms with Crippen LogP contribution in [0.1, 0.15) is 29.1 Å². The molecular weight excluding hydrogens is 438 g/mol. The molecule has 34 heavy (non-hydrogen) atoms. The van der Waals surface area contributed by atoms with E-state index in [9.17, 15) is 9.59 Å². The molecule has 2 aromatic carbocycles. The van der Waals surface area contributed by atoms with E-state index in [2.05, 4.69) is 20.4 Å². The molecule has 3 N–H and O–H groups in total. The monoisotopic (exact) mass is 465 g/mol. The van der Waals surface area contributed by atoms with Gasteiger partial charge in [0.05, 0.1) is 26.7 Å². The highest BCUT2D eigenvalue weighted by atomic mass is 16.5. The lowest BCUT2D eigenvalue weighted by Gasteiger charge is -2.30. The first-order valence-corrected chi connectivity index (χ1v) is 10.9. The van der Waals surface area contributed by atoms with Crippen LogP contribution in [-0.4, -0.2) is 54.2 Å². The first kappa shape index (κ1) is 23.2. The topological polar surface area (TPSA) is 133 Å². The molecule has 1 unspecified atom stereocenters. The Kier molecular flexibility index (Phi) is 7.07. The number of amides is 2. The number of hydrogen-bond donors (Lipinski definition) is 2. The van der Waals surface area contributed by atoms with Crippen LogP contribution in [0.4, 0.5) is 5.69 Å². The van der Waals surface area contributed by atoms with E-state index in [1.165, 1.54) is 0 Å². The third-order valence-corrected chi connectivity index (χ3v) is 5.78. The fourth-order valence-corrected chi connectivity index (χ4v) is 3.98. The van der Waals surface area contributed by atoms with E-state index in [1.54, 1.807) is 50.6 Å². The van der Waals surface area contributed by atoms with E-state index in [0.717, 1.165) is 24.9 Å². The number of ether oxygens (including phenoxy) is 2. The van der Waals surface area contributed by atoms with Crippen molar-refractivity contribution in [3.63, 3.8) is 0 Å². The first-order valence-electron chi connectivity index (χ1n) is 10.9. The van der Waals surface area contributed by atoms with E-state index in [4.69, 9.17) is 19.7 Å². The summed E-state index contributed by atoms with van der Waals surface area (Å²) in [4.78, 5) is 30.6. The van der Waals surface area contributed by atoms with Crippen molar-refractivity contribution < 1.29 is 23.6 Å². The van der Waals surface area contributed by atoms with Crippen molar-refractivity contribution in [1.29, 1.82) is 0 Å². The number of nitrogens with two attached hydrogens (primary N) is 1. The van der Waals surface area contributed by atoms with E-state index >= 15 is 0 Å². The van der Waals surface area contributed by atoms with Crippen molar-refractivity contribution in [3.05, 3.63) is 53.9 Å². The highest BCUT2D eigenvalue weighted by Crippen LogP contribution is 2.31. The maximum atomic E-state index is 12.8. The molecule has 0 spiro atoms. The molecule has 1 atom stereocenters. The molecule has 10 nitrogen and oxygen atoms in total. The Hall–Kier alpha value is -3.92. The van der Waals surface area contributed by atoms with E-state index in [0.29, 0.717) is 47.6 Å². The number of benzene rings is 2. The standard InChI is InChI=1S/C24H27N5O5/c1-32-19-10-7-16(12-20(19)33-2)23-27-21(34-28-23)14-29-11-3-4-17(13-29)24(31)26-18-8-5-15(6-9-18)22(25)30/h5-10,12,17H,3-4,11,13-14H2,1-2H3,(H2,25,30)(H,26,31). The lowest BCUT2D eigenvalue weighted by molar-refractivity contribution is -0.121. The maximum absolute atomic E-state index is 12.8. The Morgan fingerprint density at radius 2 is 1.91 bits per heavy atom. The van der Waals surface area contributed by atoms with Crippen molar-refractivity contribution in [2.24, 2.45) is 11.7 Å². The smallest absolute Gasteiger partial charge is 0.248 e. The van der Waals surface area contributed by atoms with Crippen LogP contribution in [0.25, 0.3) is 11.4 Å². The van der Waals surface area contributed by atoms with Crippen LogP contribution in [0.3, 0.4) is 0 Å². The van der Waals surface area contributed by atoms with Gasteiger partial charge in [0.1, 0.15) is 0 Å². The zero-order valence-corrected chi connectivity index (χ0v) is 19.1. The molecule has 4 rings (SSSR count). The van der Waals surface area contributed by atoms with Gasteiger partial charge in [-0.05, 0) is 61.9 Å². The Bertz CT molecular complexity index is 1160. The van der Waals surface area contributed by atoms with Gasteiger partial charge < -0.3 is 25.0 Å². The van der Waals surface area contributed by atoms with Crippen LogP contribution >= 0.6 is 0 Å². The Balaban J connectivity index is 1.36. The average Bonchev–Trinajstić information content (AvgIpc) is 3.32. The molecule has 0 radical (unpaired) electrons. The minimum absolute atomic E-state index is 0.0620. The van der Waals surface area contributed by atoms with Crippen molar-refractivity contribution in [3.8, 4) is 22.9 Å². The molecule has 10 heteroatoms. The zero-order valence-electron chi connectivity index (χ0n) is 19.1. The summed E-state index contributed by atoms with van der Waals surface area (Å²) in [6.07, 6.45) is 1.68. The maximum Gasteiger partial charge on any atom is 0.248 e. The predicted molar refractivity (Wildman–Crippen MR) is 124 cm³/mol. The summed E-state index contributed by atoms with van der Waals surface area (Å²) in [7, 11) is 3.15. The molecule has 0 bridgehead atoms. The molecule has 0 saturated carbocycles. The number of piperidine rings is 1. The molecule has 0 aliphatic carbocycles. The summed E-state index contributed by atoms with van der Waals surface area (Å²) in [6.45, 7) is 1.88. The molecular formula is C24H27N5O5. The van der Waals surface area contributed by atoms with Crippen LogP contribution in [0.5, 0.6) is 11.5 Å². The highest BCUT2D eigenvalue weighted by Gasteiger charge is 2.27. The highest BCUT2D eigenvalue weighted by molar-refractivity contribution is 5.95. The number of methoxy groups -OCH3 is 2.